The molecule has 0 unspecified atom stereocenters. The van der Waals surface area contributed by atoms with Crippen molar-refractivity contribution < 1.29 is 4.74 Å². The summed E-state index contributed by atoms with van der Waals surface area (Å²) in [4.78, 5) is 6.38. The molecule has 1 aromatic heterocycles. The van der Waals surface area contributed by atoms with Gasteiger partial charge in [-0.3, -0.25) is 0 Å². The third kappa shape index (κ3) is 1.97. The topological polar surface area (TPSA) is 25.4 Å². The third-order valence-corrected chi connectivity index (χ3v) is 2.12. The van der Waals surface area contributed by atoms with Crippen LogP contribution < -0.4 is 9.64 Å². The van der Waals surface area contributed by atoms with Gasteiger partial charge in [0.15, 0.2) is 11.6 Å². The Bertz CT molecular complexity index is 299. The number of hydrogen-bond acceptors (Lipinski definition) is 3. The van der Waals surface area contributed by atoms with Gasteiger partial charge in [0.05, 0.1) is 6.54 Å². The quantitative estimate of drug-likeness (QED) is 0.633. The standard InChI is InChI=1S/C9H12N2O.C2H6/c1-7-3-4-10-9-8(7)12-6-5-11(9)2;1-2/h3-4H,5-6H2,1-2H3;1-2H3. The fourth-order valence-corrected chi connectivity index (χ4v) is 1.37. The highest BCUT2D eigenvalue weighted by Gasteiger charge is 2.17. The van der Waals surface area contributed by atoms with E-state index in [-0.39, 0.29) is 0 Å². The van der Waals surface area contributed by atoms with E-state index in [0.717, 1.165) is 30.3 Å². The third-order valence-electron chi connectivity index (χ3n) is 2.12. The summed E-state index contributed by atoms with van der Waals surface area (Å²) in [5, 5.41) is 0. The van der Waals surface area contributed by atoms with Crippen LogP contribution in [-0.4, -0.2) is 25.2 Å². The Labute approximate surface area is 85.7 Å². The Kier molecular flexibility index (Phi) is 3.74. The highest BCUT2D eigenvalue weighted by atomic mass is 16.5. The maximum Gasteiger partial charge on any atom is 0.171 e. The van der Waals surface area contributed by atoms with Gasteiger partial charge in [0.2, 0.25) is 0 Å². The van der Waals surface area contributed by atoms with Crippen molar-refractivity contribution in [3.8, 4) is 5.75 Å². The second kappa shape index (κ2) is 4.84. The van der Waals surface area contributed by atoms with Crippen molar-refractivity contribution in [2.45, 2.75) is 20.8 Å². The SMILES string of the molecule is CC.Cc1ccnc2c1OCCN2C. The molecule has 0 aromatic carbocycles. The van der Waals surface area contributed by atoms with Crippen molar-refractivity contribution in [3.63, 3.8) is 0 Å². The first-order valence-electron chi connectivity index (χ1n) is 5.08. The van der Waals surface area contributed by atoms with Crippen LogP contribution in [0.4, 0.5) is 5.82 Å². The van der Waals surface area contributed by atoms with Crippen LogP contribution in [0.25, 0.3) is 0 Å². The van der Waals surface area contributed by atoms with Crippen molar-refractivity contribution in [2.24, 2.45) is 0 Å². The number of rotatable bonds is 0. The molecule has 1 aliphatic rings. The van der Waals surface area contributed by atoms with Crippen molar-refractivity contribution in [1.29, 1.82) is 0 Å². The molecule has 14 heavy (non-hydrogen) atoms. The van der Waals surface area contributed by atoms with Gasteiger partial charge in [-0.2, -0.15) is 0 Å². The van der Waals surface area contributed by atoms with E-state index in [0.29, 0.717) is 0 Å². The summed E-state index contributed by atoms with van der Waals surface area (Å²) in [6.45, 7) is 7.72. The van der Waals surface area contributed by atoms with Gasteiger partial charge in [0, 0.05) is 13.2 Å². The fourth-order valence-electron chi connectivity index (χ4n) is 1.37. The zero-order chi connectivity index (χ0) is 10.6. The summed E-state index contributed by atoms with van der Waals surface area (Å²) < 4.78 is 5.52. The van der Waals surface area contributed by atoms with E-state index in [1.165, 1.54) is 0 Å². The van der Waals surface area contributed by atoms with Gasteiger partial charge in [0.1, 0.15) is 6.61 Å². The Morgan fingerprint density at radius 1 is 1.43 bits per heavy atom. The Balaban J connectivity index is 0.000000461. The van der Waals surface area contributed by atoms with E-state index in [4.69, 9.17) is 4.74 Å². The zero-order valence-corrected chi connectivity index (χ0v) is 9.37. The first-order valence-corrected chi connectivity index (χ1v) is 5.08. The molecule has 0 radical (unpaired) electrons. The molecule has 0 atom stereocenters. The molecule has 0 spiro atoms. The molecular weight excluding hydrogens is 176 g/mol. The molecule has 2 rings (SSSR count). The minimum absolute atomic E-state index is 0.760. The number of pyridine rings is 1. The lowest BCUT2D eigenvalue weighted by Gasteiger charge is -2.27. The van der Waals surface area contributed by atoms with Crippen LogP contribution in [0.15, 0.2) is 12.3 Å². The number of aromatic nitrogens is 1. The smallest absolute Gasteiger partial charge is 0.171 e. The van der Waals surface area contributed by atoms with Crippen LogP contribution in [0.1, 0.15) is 19.4 Å². The molecule has 0 bridgehead atoms. The number of hydrogen-bond donors (Lipinski definition) is 0. The molecule has 0 saturated carbocycles. The summed E-state index contributed by atoms with van der Waals surface area (Å²) in [6.07, 6.45) is 1.82. The van der Waals surface area contributed by atoms with E-state index < -0.39 is 0 Å². The van der Waals surface area contributed by atoms with E-state index in [2.05, 4.69) is 9.88 Å². The predicted octanol–water partition coefficient (Wildman–Crippen LogP) is 2.24. The van der Waals surface area contributed by atoms with E-state index in [1.807, 2.05) is 40.1 Å². The van der Waals surface area contributed by atoms with Gasteiger partial charge in [-0.1, -0.05) is 13.8 Å². The first kappa shape index (κ1) is 10.8. The van der Waals surface area contributed by atoms with E-state index in [9.17, 15) is 0 Å². The monoisotopic (exact) mass is 194 g/mol. The molecule has 3 heteroatoms. The van der Waals surface area contributed by atoms with E-state index >= 15 is 0 Å². The molecular formula is C11H18N2O. The molecule has 0 saturated heterocycles. The molecule has 0 amide bonds. The van der Waals surface area contributed by atoms with Gasteiger partial charge >= 0.3 is 0 Å². The van der Waals surface area contributed by atoms with Crippen molar-refractivity contribution >= 4 is 5.82 Å². The van der Waals surface area contributed by atoms with Crippen LogP contribution in [0.2, 0.25) is 0 Å². The largest absolute Gasteiger partial charge is 0.488 e. The Hall–Kier alpha value is -1.25. The lowest BCUT2D eigenvalue weighted by Crippen LogP contribution is -2.29. The maximum absolute atomic E-state index is 5.52. The molecule has 1 aromatic rings. The Morgan fingerprint density at radius 3 is 2.79 bits per heavy atom. The molecule has 3 nitrogen and oxygen atoms in total. The highest BCUT2D eigenvalue weighted by molar-refractivity contribution is 5.56. The maximum atomic E-state index is 5.52. The van der Waals surface area contributed by atoms with Gasteiger partial charge in [0.25, 0.3) is 0 Å². The average Bonchev–Trinajstić information content (AvgIpc) is 2.23. The molecule has 2 heterocycles. The number of nitrogens with zero attached hydrogens (tertiary/aromatic N) is 2. The summed E-state index contributed by atoms with van der Waals surface area (Å²) in [6, 6.07) is 1.97. The molecule has 1 aliphatic heterocycles. The van der Waals surface area contributed by atoms with Gasteiger partial charge < -0.3 is 9.64 Å². The number of likely N-dealkylation sites (N-methyl/N-ethyl adjacent to an activating group) is 1. The minimum Gasteiger partial charge on any atom is -0.488 e. The van der Waals surface area contributed by atoms with Gasteiger partial charge in [-0.25, -0.2) is 4.98 Å². The fraction of sp³-hybridized carbons (Fsp3) is 0.545. The lowest BCUT2D eigenvalue weighted by molar-refractivity contribution is 0.307. The average molecular weight is 194 g/mol. The lowest BCUT2D eigenvalue weighted by atomic mass is 10.2. The molecule has 0 fully saturated rings. The van der Waals surface area contributed by atoms with Crippen LogP contribution in [0.5, 0.6) is 5.75 Å². The predicted molar refractivity (Wildman–Crippen MR) is 59.1 cm³/mol. The zero-order valence-electron chi connectivity index (χ0n) is 9.37. The van der Waals surface area contributed by atoms with Gasteiger partial charge in [-0.05, 0) is 18.6 Å². The van der Waals surface area contributed by atoms with Gasteiger partial charge in [-0.15, -0.1) is 0 Å². The highest BCUT2D eigenvalue weighted by Crippen LogP contribution is 2.30. The first-order chi connectivity index (χ1) is 6.79. The van der Waals surface area contributed by atoms with Crippen molar-refractivity contribution in [1.82, 2.24) is 4.98 Å². The summed E-state index contributed by atoms with van der Waals surface area (Å²) in [7, 11) is 2.04. The van der Waals surface area contributed by atoms with Crippen LogP contribution >= 0.6 is 0 Å². The van der Waals surface area contributed by atoms with Crippen molar-refractivity contribution in [3.05, 3.63) is 17.8 Å². The van der Waals surface area contributed by atoms with Crippen LogP contribution in [0.3, 0.4) is 0 Å². The van der Waals surface area contributed by atoms with Crippen LogP contribution in [-0.2, 0) is 0 Å². The van der Waals surface area contributed by atoms with E-state index in [1.54, 1.807) is 0 Å². The number of aryl methyl sites for hydroxylation is 1. The molecule has 0 N–H and O–H groups in total. The molecule has 78 valence electrons. The second-order valence-corrected chi connectivity index (χ2v) is 3.05. The number of ether oxygens (including phenoxy) is 1. The molecule has 0 aliphatic carbocycles. The summed E-state index contributed by atoms with van der Waals surface area (Å²) in [5.41, 5.74) is 1.16. The summed E-state index contributed by atoms with van der Waals surface area (Å²) >= 11 is 0. The number of fused-ring (bicyclic) bond motifs is 1. The Morgan fingerprint density at radius 2 is 2.14 bits per heavy atom. The van der Waals surface area contributed by atoms with Crippen LogP contribution in [0, 0.1) is 6.92 Å². The normalized spacial score (nSPS) is 13.6. The second-order valence-electron chi connectivity index (χ2n) is 3.05. The minimum atomic E-state index is 0.760. The summed E-state index contributed by atoms with van der Waals surface area (Å²) in [5.74, 6) is 1.90. The van der Waals surface area contributed by atoms with Crippen molar-refractivity contribution in [2.75, 3.05) is 25.1 Å². The number of anilines is 1.